The lowest BCUT2D eigenvalue weighted by Gasteiger charge is -2.19. The molecule has 3 rings (SSSR count). The number of nitrogens with zero attached hydrogens (tertiary/aromatic N) is 2. The number of aryl methyl sites for hydroxylation is 1. The monoisotopic (exact) mass is 425 g/mol. The van der Waals surface area contributed by atoms with E-state index in [0.717, 1.165) is 0 Å². The largest absolute Gasteiger partial charge is 0.497 e. The second kappa shape index (κ2) is 10.2. The molecule has 0 aliphatic carbocycles. The van der Waals surface area contributed by atoms with Crippen LogP contribution in [0.1, 0.15) is 23.9 Å². The number of amides is 3. The molecule has 9 heteroatoms. The highest BCUT2D eigenvalue weighted by atomic mass is 19.1. The third-order valence-electron chi connectivity index (χ3n) is 4.59. The van der Waals surface area contributed by atoms with Gasteiger partial charge in [-0.15, -0.1) is 0 Å². The van der Waals surface area contributed by atoms with Crippen LogP contribution in [0.3, 0.4) is 0 Å². The zero-order chi connectivity index (χ0) is 22.2. The van der Waals surface area contributed by atoms with Crippen LogP contribution in [-0.2, 0) is 11.8 Å². The summed E-state index contributed by atoms with van der Waals surface area (Å²) in [5.41, 5.74) is 1.18. The maximum Gasteiger partial charge on any atom is 0.319 e. The van der Waals surface area contributed by atoms with Gasteiger partial charge in [-0.1, -0.05) is 12.1 Å². The standard InChI is InChI=1S/C22H24FN5O3/c1-28-13-12-24-21(28)20(15-4-3-5-16(23)14-15)27-19(29)10-11-25-22(30)26-17-6-8-18(31-2)9-7-17/h3-9,12-14,20H,10-11H2,1-2H3,(H,27,29)(H2,25,26,30). The van der Waals surface area contributed by atoms with Gasteiger partial charge in [-0.2, -0.15) is 0 Å². The average molecular weight is 425 g/mol. The quantitative estimate of drug-likeness (QED) is 0.517. The topological polar surface area (TPSA) is 97.3 Å². The molecule has 1 unspecified atom stereocenters. The number of methoxy groups -OCH3 is 1. The maximum atomic E-state index is 13.7. The Morgan fingerprint density at radius 3 is 2.61 bits per heavy atom. The molecule has 31 heavy (non-hydrogen) atoms. The van der Waals surface area contributed by atoms with Crippen molar-refractivity contribution < 1.29 is 18.7 Å². The molecule has 0 aliphatic rings. The Hall–Kier alpha value is -3.88. The number of hydrogen-bond donors (Lipinski definition) is 3. The lowest BCUT2D eigenvalue weighted by atomic mass is 10.1. The number of carbonyl (C=O) groups excluding carboxylic acids is 2. The number of urea groups is 1. The first kappa shape index (κ1) is 21.8. The molecule has 0 saturated carbocycles. The third kappa shape index (κ3) is 6.05. The van der Waals surface area contributed by atoms with E-state index < -0.39 is 17.9 Å². The van der Waals surface area contributed by atoms with Gasteiger partial charge >= 0.3 is 6.03 Å². The van der Waals surface area contributed by atoms with Crippen LogP contribution in [0, 0.1) is 5.82 Å². The van der Waals surface area contributed by atoms with Crippen LogP contribution >= 0.6 is 0 Å². The van der Waals surface area contributed by atoms with Crippen LogP contribution in [0.2, 0.25) is 0 Å². The number of nitrogens with one attached hydrogen (secondary N) is 3. The number of ether oxygens (including phenoxy) is 1. The highest BCUT2D eigenvalue weighted by molar-refractivity contribution is 5.89. The molecule has 3 aromatic rings. The van der Waals surface area contributed by atoms with Crippen molar-refractivity contribution in [2.24, 2.45) is 7.05 Å². The average Bonchev–Trinajstić information content (AvgIpc) is 3.18. The fourth-order valence-corrected chi connectivity index (χ4v) is 3.01. The minimum atomic E-state index is -0.615. The van der Waals surface area contributed by atoms with Crippen molar-refractivity contribution in [3.8, 4) is 5.75 Å². The van der Waals surface area contributed by atoms with Crippen molar-refractivity contribution in [2.45, 2.75) is 12.5 Å². The number of benzene rings is 2. The Kier molecular flexibility index (Phi) is 7.21. The van der Waals surface area contributed by atoms with Crippen molar-refractivity contribution >= 4 is 17.6 Å². The van der Waals surface area contributed by atoms with Crippen LogP contribution in [0.15, 0.2) is 60.9 Å². The van der Waals surface area contributed by atoms with Gasteiger partial charge in [-0.3, -0.25) is 4.79 Å². The molecule has 1 heterocycles. The Bertz CT molecular complexity index is 1040. The van der Waals surface area contributed by atoms with E-state index in [0.29, 0.717) is 22.8 Å². The minimum absolute atomic E-state index is 0.0479. The predicted molar refractivity (Wildman–Crippen MR) is 114 cm³/mol. The minimum Gasteiger partial charge on any atom is -0.497 e. The first-order valence-corrected chi connectivity index (χ1v) is 9.67. The number of carbonyl (C=O) groups is 2. The van der Waals surface area contributed by atoms with E-state index in [2.05, 4.69) is 20.9 Å². The summed E-state index contributed by atoms with van der Waals surface area (Å²) in [7, 11) is 3.36. The highest BCUT2D eigenvalue weighted by Gasteiger charge is 2.21. The van der Waals surface area contributed by atoms with E-state index in [1.807, 2.05) is 0 Å². The molecule has 0 radical (unpaired) electrons. The van der Waals surface area contributed by atoms with E-state index in [-0.39, 0.29) is 18.9 Å². The van der Waals surface area contributed by atoms with Crippen molar-refractivity contribution in [3.63, 3.8) is 0 Å². The van der Waals surface area contributed by atoms with E-state index >= 15 is 0 Å². The summed E-state index contributed by atoms with van der Waals surface area (Å²) in [6, 6.07) is 11.8. The normalized spacial score (nSPS) is 11.5. The van der Waals surface area contributed by atoms with Gasteiger partial charge in [0.1, 0.15) is 23.4 Å². The van der Waals surface area contributed by atoms with E-state index in [9.17, 15) is 14.0 Å². The summed E-state index contributed by atoms with van der Waals surface area (Å²) in [5, 5.41) is 8.18. The second-order valence-corrected chi connectivity index (χ2v) is 6.81. The number of anilines is 1. The fourth-order valence-electron chi connectivity index (χ4n) is 3.01. The SMILES string of the molecule is COc1ccc(NC(=O)NCCC(=O)NC(c2cccc(F)c2)c2nccn2C)cc1. The molecule has 3 N–H and O–H groups in total. The van der Waals surface area contributed by atoms with Crippen LogP contribution < -0.4 is 20.7 Å². The highest BCUT2D eigenvalue weighted by Crippen LogP contribution is 2.21. The number of rotatable bonds is 8. The van der Waals surface area contributed by atoms with Crippen molar-refractivity contribution in [1.29, 1.82) is 0 Å². The Morgan fingerprint density at radius 2 is 1.97 bits per heavy atom. The third-order valence-corrected chi connectivity index (χ3v) is 4.59. The smallest absolute Gasteiger partial charge is 0.319 e. The molecule has 3 amide bonds. The number of halogens is 1. The fraction of sp³-hybridized carbons (Fsp3) is 0.227. The summed E-state index contributed by atoms with van der Waals surface area (Å²) in [6.45, 7) is 0.129. The van der Waals surface area contributed by atoms with E-state index in [1.165, 1.54) is 12.1 Å². The Labute approximate surface area is 179 Å². The van der Waals surface area contributed by atoms with E-state index in [1.54, 1.807) is 67.5 Å². The van der Waals surface area contributed by atoms with Gasteiger partial charge in [0.05, 0.1) is 7.11 Å². The summed E-state index contributed by atoms with van der Waals surface area (Å²) in [6.07, 6.45) is 3.41. The van der Waals surface area contributed by atoms with Gasteiger partial charge in [-0.25, -0.2) is 14.2 Å². The predicted octanol–water partition coefficient (Wildman–Crippen LogP) is 2.99. The molecular weight excluding hydrogens is 401 g/mol. The molecular formula is C22H24FN5O3. The zero-order valence-corrected chi connectivity index (χ0v) is 17.3. The Morgan fingerprint density at radius 1 is 1.19 bits per heavy atom. The van der Waals surface area contributed by atoms with Gasteiger partial charge in [0.25, 0.3) is 0 Å². The zero-order valence-electron chi connectivity index (χ0n) is 17.3. The molecule has 1 atom stereocenters. The molecule has 8 nitrogen and oxygen atoms in total. The van der Waals surface area contributed by atoms with Gasteiger partial charge in [0.2, 0.25) is 5.91 Å². The number of aromatic nitrogens is 2. The first-order valence-electron chi connectivity index (χ1n) is 9.67. The Balaban J connectivity index is 1.55. The molecule has 0 aliphatic heterocycles. The number of hydrogen-bond acceptors (Lipinski definition) is 4. The molecule has 0 bridgehead atoms. The van der Waals surface area contributed by atoms with Crippen LogP contribution in [0.25, 0.3) is 0 Å². The van der Waals surface area contributed by atoms with Gasteiger partial charge in [0.15, 0.2) is 0 Å². The summed E-state index contributed by atoms with van der Waals surface area (Å²) in [4.78, 5) is 28.8. The molecule has 0 saturated heterocycles. The molecule has 0 fully saturated rings. The molecule has 1 aromatic heterocycles. The van der Waals surface area contributed by atoms with Crippen LogP contribution in [0.4, 0.5) is 14.9 Å². The van der Waals surface area contributed by atoms with Crippen molar-refractivity contribution in [2.75, 3.05) is 19.0 Å². The van der Waals surface area contributed by atoms with Crippen LogP contribution in [-0.4, -0.2) is 35.1 Å². The van der Waals surface area contributed by atoms with Crippen molar-refractivity contribution in [1.82, 2.24) is 20.2 Å². The van der Waals surface area contributed by atoms with Gasteiger partial charge in [0, 0.05) is 38.1 Å². The summed E-state index contributed by atoms with van der Waals surface area (Å²) < 4.78 is 20.5. The summed E-state index contributed by atoms with van der Waals surface area (Å²) >= 11 is 0. The molecule has 2 aromatic carbocycles. The lowest BCUT2D eigenvalue weighted by molar-refractivity contribution is -0.121. The second-order valence-electron chi connectivity index (χ2n) is 6.81. The van der Waals surface area contributed by atoms with Crippen molar-refractivity contribution in [3.05, 3.63) is 78.1 Å². The van der Waals surface area contributed by atoms with Gasteiger partial charge in [-0.05, 0) is 42.0 Å². The maximum absolute atomic E-state index is 13.7. The number of imidazole rings is 1. The summed E-state index contributed by atoms with van der Waals surface area (Å²) in [5.74, 6) is 0.553. The van der Waals surface area contributed by atoms with Crippen LogP contribution in [0.5, 0.6) is 5.75 Å². The first-order chi connectivity index (χ1) is 15.0. The lowest BCUT2D eigenvalue weighted by Crippen LogP contribution is -2.35. The van der Waals surface area contributed by atoms with Gasteiger partial charge < -0.3 is 25.3 Å². The van der Waals surface area contributed by atoms with E-state index in [4.69, 9.17) is 4.74 Å². The molecule has 162 valence electrons. The molecule has 0 spiro atoms.